The van der Waals surface area contributed by atoms with Gasteiger partial charge in [-0.15, -0.1) is 0 Å². The van der Waals surface area contributed by atoms with Gasteiger partial charge in [-0.25, -0.2) is 0 Å². The monoisotopic (exact) mass is 349 g/mol. The second kappa shape index (κ2) is 11.6. The summed E-state index contributed by atoms with van der Waals surface area (Å²) in [7, 11) is 0. The van der Waals surface area contributed by atoms with Gasteiger partial charge < -0.3 is 24.8 Å². The minimum Gasteiger partial charge on any atom is -0.454 e. The molecule has 0 aliphatic carbocycles. The van der Waals surface area contributed by atoms with Gasteiger partial charge in [0.1, 0.15) is 0 Å². The van der Waals surface area contributed by atoms with Gasteiger partial charge in [0.2, 0.25) is 6.79 Å². The maximum absolute atomic E-state index is 5.56. The third kappa shape index (κ3) is 7.22. The van der Waals surface area contributed by atoms with E-state index in [9.17, 15) is 0 Å². The maximum Gasteiger partial charge on any atom is 0.231 e. The lowest BCUT2D eigenvalue weighted by Crippen LogP contribution is -2.38. The van der Waals surface area contributed by atoms with E-state index in [2.05, 4.69) is 35.5 Å². The number of hydrogen-bond donors (Lipinski definition) is 2. The molecule has 0 saturated heterocycles. The molecule has 2 N–H and O–H groups in total. The molecule has 0 aromatic heterocycles. The molecular weight excluding hydrogens is 318 g/mol. The first kappa shape index (κ1) is 19.4. The normalized spacial score (nSPS) is 13.1. The van der Waals surface area contributed by atoms with Crippen LogP contribution in [-0.4, -0.2) is 45.6 Å². The lowest BCUT2D eigenvalue weighted by molar-refractivity contribution is 0.130. The topological polar surface area (TPSA) is 64.1 Å². The number of nitrogens with one attached hydrogen (secondary N) is 2. The van der Waals surface area contributed by atoms with Crippen LogP contribution >= 0.6 is 0 Å². The van der Waals surface area contributed by atoms with E-state index in [1.807, 2.05) is 12.1 Å². The first-order chi connectivity index (χ1) is 12.3. The van der Waals surface area contributed by atoms with Gasteiger partial charge in [-0.1, -0.05) is 19.4 Å². The first-order valence-corrected chi connectivity index (χ1v) is 9.32. The summed E-state index contributed by atoms with van der Waals surface area (Å²) in [6, 6.07) is 6.09. The fourth-order valence-corrected chi connectivity index (χ4v) is 2.47. The number of benzene rings is 1. The highest BCUT2D eigenvalue weighted by molar-refractivity contribution is 5.79. The summed E-state index contributed by atoms with van der Waals surface area (Å²) in [4.78, 5) is 4.59. The van der Waals surface area contributed by atoms with Crippen LogP contribution in [0.4, 0.5) is 0 Å². The molecule has 1 aliphatic heterocycles. The predicted octanol–water partition coefficient (Wildman–Crippen LogP) is 2.72. The van der Waals surface area contributed by atoms with Gasteiger partial charge in [-0.3, -0.25) is 4.99 Å². The number of fused-ring (bicyclic) bond motifs is 1. The molecule has 0 saturated carbocycles. The number of guanidine groups is 1. The Kier molecular flexibility index (Phi) is 8.97. The van der Waals surface area contributed by atoms with Gasteiger partial charge >= 0.3 is 0 Å². The second-order valence-electron chi connectivity index (χ2n) is 5.94. The summed E-state index contributed by atoms with van der Waals surface area (Å²) in [6.45, 7) is 8.63. The number of ether oxygens (including phenoxy) is 3. The zero-order chi connectivity index (χ0) is 17.7. The zero-order valence-electron chi connectivity index (χ0n) is 15.5. The Morgan fingerprint density at radius 3 is 2.80 bits per heavy atom. The molecule has 6 nitrogen and oxygen atoms in total. The molecule has 25 heavy (non-hydrogen) atoms. The summed E-state index contributed by atoms with van der Waals surface area (Å²) in [6.07, 6.45) is 4.16. The van der Waals surface area contributed by atoms with E-state index in [0.717, 1.165) is 69.6 Å². The van der Waals surface area contributed by atoms with Crippen molar-refractivity contribution in [2.75, 3.05) is 39.6 Å². The Labute approximate surface area is 151 Å². The van der Waals surface area contributed by atoms with Crippen molar-refractivity contribution in [1.82, 2.24) is 10.6 Å². The van der Waals surface area contributed by atoms with E-state index in [1.165, 1.54) is 12.0 Å². The highest BCUT2D eigenvalue weighted by atomic mass is 16.7. The largest absolute Gasteiger partial charge is 0.454 e. The maximum atomic E-state index is 5.56. The van der Waals surface area contributed by atoms with Crippen LogP contribution < -0.4 is 20.1 Å². The van der Waals surface area contributed by atoms with E-state index < -0.39 is 0 Å². The highest BCUT2D eigenvalue weighted by Crippen LogP contribution is 2.32. The molecule has 0 amide bonds. The summed E-state index contributed by atoms with van der Waals surface area (Å²) >= 11 is 0. The molecule has 0 bridgehead atoms. The number of unbranched alkanes of at least 4 members (excludes halogenated alkanes) is 1. The number of rotatable bonds is 11. The van der Waals surface area contributed by atoms with Crippen LogP contribution in [0.2, 0.25) is 0 Å². The Hall–Kier alpha value is -1.95. The third-order valence-corrected chi connectivity index (χ3v) is 3.85. The summed E-state index contributed by atoms with van der Waals surface area (Å²) < 4.78 is 16.3. The number of nitrogens with zero attached hydrogens (tertiary/aromatic N) is 1. The average Bonchev–Trinajstić information content (AvgIpc) is 3.08. The van der Waals surface area contributed by atoms with Gasteiger partial charge in [0.15, 0.2) is 17.5 Å². The molecule has 1 heterocycles. The van der Waals surface area contributed by atoms with Crippen LogP contribution in [-0.2, 0) is 11.2 Å². The molecule has 1 aromatic rings. The van der Waals surface area contributed by atoms with Crippen molar-refractivity contribution in [3.05, 3.63) is 23.8 Å². The van der Waals surface area contributed by atoms with Crippen LogP contribution in [0, 0.1) is 0 Å². The highest BCUT2D eigenvalue weighted by Gasteiger charge is 2.12. The van der Waals surface area contributed by atoms with E-state index in [0.29, 0.717) is 6.79 Å². The van der Waals surface area contributed by atoms with Gasteiger partial charge in [0.25, 0.3) is 0 Å². The quantitative estimate of drug-likeness (QED) is 0.365. The smallest absolute Gasteiger partial charge is 0.231 e. The molecule has 0 radical (unpaired) electrons. The van der Waals surface area contributed by atoms with Crippen LogP contribution in [0.25, 0.3) is 0 Å². The zero-order valence-corrected chi connectivity index (χ0v) is 15.5. The molecule has 1 aliphatic rings. The van der Waals surface area contributed by atoms with Crippen molar-refractivity contribution in [2.45, 2.75) is 39.5 Å². The van der Waals surface area contributed by atoms with Crippen molar-refractivity contribution < 1.29 is 14.2 Å². The average molecular weight is 349 g/mol. The first-order valence-electron chi connectivity index (χ1n) is 9.32. The lowest BCUT2D eigenvalue weighted by Gasteiger charge is -2.11. The molecule has 0 spiro atoms. The Bertz CT molecular complexity index is 535. The predicted molar refractivity (Wildman–Crippen MR) is 101 cm³/mol. The Balaban J connectivity index is 1.67. The number of aliphatic imine (C=N–C) groups is 1. The summed E-state index contributed by atoms with van der Waals surface area (Å²) in [5, 5.41) is 6.65. The van der Waals surface area contributed by atoms with Crippen molar-refractivity contribution >= 4 is 5.96 Å². The van der Waals surface area contributed by atoms with Crippen LogP contribution in [0.1, 0.15) is 38.7 Å². The minimum absolute atomic E-state index is 0.316. The Morgan fingerprint density at radius 2 is 1.96 bits per heavy atom. The van der Waals surface area contributed by atoms with E-state index in [-0.39, 0.29) is 0 Å². The molecule has 0 unspecified atom stereocenters. The fraction of sp³-hybridized carbons (Fsp3) is 0.632. The fourth-order valence-electron chi connectivity index (χ4n) is 2.47. The van der Waals surface area contributed by atoms with E-state index in [4.69, 9.17) is 14.2 Å². The molecule has 1 aromatic carbocycles. The standard InChI is InChI=1S/C19H31N3O3/c1-3-5-12-23-13-6-10-21-19(20-4-2)22-11-9-16-7-8-17-18(14-16)25-15-24-17/h7-8,14H,3-6,9-13,15H2,1-2H3,(H2,20,21,22). The van der Waals surface area contributed by atoms with Gasteiger partial charge in [0, 0.05) is 32.8 Å². The van der Waals surface area contributed by atoms with E-state index >= 15 is 0 Å². The van der Waals surface area contributed by atoms with Crippen molar-refractivity contribution in [3.8, 4) is 11.5 Å². The van der Waals surface area contributed by atoms with Crippen LogP contribution in [0.5, 0.6) is 11.5 Å². The van der Waals surface area contributed by atoms with Crippen molar-refractivity contribution in [2.24, 2.45) is 4.99 Å². The van der Waals surface area contributed by atoms with Gasteiger partial charge in [-0.05, 0) is 43.9 Å². The molecule has 0 fully saturated rings. The van der Waals surface area contributed by atoms with Gasteiger partial charge in [0.05, 0.1) is 0 Å². The van der Waals surface area contributed by atoms with Gasteiger partial charge in [-0.2, -0.15) is 0 Å². The third-order valence-electron chi connectivity index (χ3n) is 3.85. The molecule has 140 valence electrons. The summed E-state index contributed by atoms with van der Waals surface area (Å²) in [5.74, 6) is 2.52. The van der Waals surface area contributed by atoms with Crippen molar-refractivity contribution in [3.63, 3.8) is 0 Å². The number of hydrogen-bond acceptors (Lipinski definition) is 4. The SMILES string of the molecule is CCCCOCCCN=C(NCC)NCCc1ccc2c(c1)OCO2. The Morgan fingerprint density at radius 1 is 1.12 bits per heavy atom. The van der Waals surface area contributed by atoms with Crippen molar-refractivity contribution in [1.29, 1.82) is 0 Å². The lowest BCUT2D eigenvalue weighted by atomic mass is 10.1. The van der Waals surface area contributed by atoms with Crippen LogP contribution in [0.3, 0.4) is 0 Å². The van der Waals surface area contributed by atoms with Crippen LogP contribution in [0.15, 0.2) is 23.2 Å². The van der Waals surface area contributed by atoms with E-state index in [1.54, 1.807) is 0 Å². The molecule has 2 rings (SSSR count). The minimum atomic E-state index is 0.316. The molecule has 0 atom stereocenters. The molecule has 6 heteroatoms. The molecular formula is C19H31N3O3. The summed E-state index contributed by atoms with van der Waals surface area (Å²) in [5.41, 5.74) is 1.22. The second-order valence-corrected chi connectivity index (χ2v) is 5.94.